The molecular formula is C16H22N4O3S. The summed E-state index contributed by atoms with van der Waals surface area (Å²) in [6.45, 7) is 8.14. The number of aryl methyl sites for hydroxylation is 2. The van der Waals surface area contributed by atoms with E-state index in [-0.39, 0.29) is 12.6 Å². The number of piperazine rings is 1. The molecule has 3 rings (SSSR count). The number of aromatic nitrogens is 2. The number of carbonyl (C=O) groups is 1. The van der Waals surface area contributed by atoms with Gasteiger partial charge in [0.2, 0.25) is 0 Å². The van der Waals surface area contributed by atoms with Crippen LogP contribution in [0.2, 0.25) is 0 Å². The number of thiophene rings is 1. The first kappa shape index (κ1) is 17.1. The fourth-order valence-electron chi connectivity index (χ4n) is 3.06. The minimum absolute atomic E-state index is 0.184. The fraction of sp³-hybridized carbons (Fsp3) is 0.562. The van der Waals surface area contributed by atoms with Gasteiger partial charge < -0.3 is 14.7 Å². The van der Waals surface area contributed by atoms with Crippen LogP contribution in [0.3, 0.4) is 0 Å². The van der Waals surface area contributed by atoms with Gasteiger partial charge in [-0.3, -0.25) is 4.90 Å². The lowest BCUT2D eigenvalue weighted by Gasteiger charge is -2.35. The maximum absolute atomic E-state index is 12.0. The Hall–Kier alpha value is -1.77. The molecule has 7 nitrogen and oxygen atoms in total. The minimum Gasteiger partial charge on any atom is -0.465 e. The molecule has 0 radical (unpaired) electrons. The highest BCUT2D eigenvalue weighted by Gasteiger charge is 2.25. The van der Waals surface area contributed by atoms with Gasteiger partial charge in [0.15, 0.2) is 0 Å². The average molecular weight is 350 g/mol. The van der Waals surface area contributed by atoms with E-state index in [0.29, 0.717) is 17.2 Å². The van der Waals surface area contributed by atoms with Gasteiger partial charge in [-0.25, -0.2) is 14.8 Å². The Morgan fingerprint density at radius 3 is 2.58 bits per heavy atom. The highest BCUT2D eigenvalue weighted by Crippen LogP contribution is 2.36. The van der Waals surface area contributed by atoms with Gasteiger partial charge in [-0.05, 0) is 19.4 Å². The van der Waals surface area contributed by atoms with Crippen molar-refractivity contribution in [3.05, 3.63) is 16.3 Å². The first-order valence-electron chi connectivity index (χ1n) is 7.99. The van der Waals surface area contributed by atoms with Gasteiger partial charge in [0.1, 0.15) is 21.3 Å². The first-order valence-corrected chi connectivity index (χ1v) is 8.81. The molecule has 24 heavy (non-hydrogen) atoms. The van der Waals surface area contributed by atoms with E-state index < -0.39 is 0 Å². The third kappa shape index (κ3) is 3.09. The maximum atomic E-state index is 12.0. The van der Waals surface area contributed by atoms with Crippen molar-refractivity contribution in [3.8, 4) is 0 Å². The second kappa shape index (κ2) is 7.00. The molecule has 1 aliphatic heterocycles. The Kier molecular flexibility index (Phi) is 4.98. The van der Waals surface area contributed by atoms with Crippen molar-refractivity contribution in [1.29, 1.82) is 0 Å². The first-order chi connectivity index (χ1) is 11.5. The highest BCUT2D eigenvalue weighted by molar-refractivity contribution is 7.20. The zero-order chi connectivity index (χ0) is 17.3. The normalized spacial score (nSPS) is 15.9. The van der Waals surface area contributed by atoms with Gasteiger partial charge in [-0.1, -0.05) is 0 Å². The molecule has 0 atom stereocenters. The molecule has 0 saturated carbocycles. The standard InChI is InChI=1S/C16H22N4O3S/c1-10-12-14(20-6-4-19(5-7-20)8-9-21)17-11(2)18-15(12)24-13(10)16(22)23-3/h21H,4-9H2,1-3H3. The van der Waals surface area contributed by atoms with Gasteiger partial charge in [-0.15, -0.1) is 11.3 Å². The molecule has 0 bridgehead atoms. The number of methoxy groups -OCH3 is 1. The van der Waals surface area contributed by atoms with E-state index in [1.54, 1.807) is 0 Å². The Labute approximate surface area is 144 Å². The summed E-state index contributed by atoms with van der Waals surface area (Å²) in [5.74, 6) is 1.27. The summed E-state index contributed by atoms with van der Waals surface area (Å²) >= 11 is 1.36. The van der Waals surface area contributed by atoms with Gasteiger partial charge in [-0.2, -0.15) is 0 Å². The molecule has 1 aliphatic rings. The van der Waals surface area contributed by atoms with Crippen molar-refractivity contribution in [2.24, 2.45) is 0 Å². The molecule has 0 aliphatic carbocycles. The zero-order valence-corrected chi connectivity index (χ0v) is 15.0. The molecular weight excluding hydrogens is 328 g/mol. The van der Waals surface area contributed by atoms with E-state index in [9.17, 15) is 4.79 Å². The third-order valence-corrected chi connectivity index (χ3v) is 5.51. The Bertz CT molecular complexity index is 753. The van der Waals surface area contributed by atoms with Crippen molar-refractivity contribution in [2.45, 2.75) is 13.8 Å². The van der Waals surface area contributed by atoms with E-state index in [0.717, 1.165) is 47.8 Å². The van der Waals surface area contributed by atoms with Crippen LogP contribution in [0.5, 0.6) is 0 Å². The van der Waals surface area contributed by atoms with Crippen LogP contribution in [-0.2, 0) is 4.74 Å². The SMILES string of the molecule is COC(=O)c1sc2nc(C)nc(N3CCN(CCO)CC3)c2c1C. The summed E-state index contributed by atoms with van der Waals surface area (Å²) in [5.41, 5.74) is 0.884. The lowest BCUT2D eigenvalue weighted by Crippen LogP contribution is -2.47. The predicted molar refractivity (Wildman–Crippen MR) is 94.0 cm³/mol. The summed E-state index contributed by atoms with van der Waals surface area (Å²) in [6.07, 6.45) is 0. The molecule has 130 valence electrons. The van der Waals surface area contributed by atoms with E-state index in [1.165, 1.54) is 18.4 Å². The van der Waals surface area contributed by atoms with Crippen molar-refractivity contribution >= 4 is 33.3 Å². The summed E-state index contributed by atoms with van der Waals surface area (Å²) in [4.78, 5) is 27.0. The highest BCUT2D eigenvalue weighted by atomic mass is 32.1. The quantitative estimate of drug-likeness (QED) is 0.830. The topological polar surface area (TPSA) is 78.8 Å². The summed E-state index contributed by atoms with van der Waals surface area (Å²) in [6, 6.07) is 0. The van der Waals surface area contributed by atoms with Gasteiger partial charge in [0.25, 0.3) is 0 Å². The summed E-state index contributed by atoms with van der Waals surface area (Å²) in [7, 11) is 1.39. The van der Waals surface area contributed by atoms with Crippen LogP contribution < -0.4 is 4.90 Å². The number of nitrogens with zero attached hydrogens (tertiary/aromatic N) is 4. The zero-order valence-electron chi connectivity index (χ0n) is 14.2. The van der Waals surface area contributed by atoms with Crippen LogP contribution in [0.4, 0.5) is 5.82 Å². The molecule has 2 aromatic heterocycles. The number of hydrogen-bond donors (Lipinski definition) is 1. The number of ether oxygens (including phenoxy) is 1. The van der Waals surface area contributed by atoms with Crippen molar-refractivity contribution in [1.82, 2.24) is 14.9 Å². The Morgan fingerprint density at radius 2 is 1.96 bits per heavy atom. The average Bonchev–Trinajstić information content (AvgIpc) is 2.91. The lowest BCUT2D eigenvalue weighted by molar-refractivity contribution is 0.0605. The third-order valence-electron chi connectivity index (χ3n) is 4.34. The van der Waals surface area contributed by atoms with Crippen molar-refractivity contribution in [3.63, 3.8) is 0 Å². The molecule has 0 unspecified atom stereocenters. The number of β-amino-alcohol motifs (C(OH)–C–C–N with tert-alkyl or cyclic N) is 1. The van der Waals surface area contributed by atoms with Crippen LogP contribution in [0.25, 0.3) is 10.2 Å². The van der Waals surface area contributed by atoms with E-state index in [2.05, 4.69) is 19.8 Å². The predicted octanol–water partition coefficient (Wildman–Crippen LogP) is 1.21. The molecule has 0 amide bonds. The molecule has 1 N–H and O–H groups in total. The largest absolute Gasteiger partial charge is 0.465 e. The van der Waals surface area contributed by atoms with Crippen molar-refractivity contribution in [2.75, 3.05) is 51.3 Å². The van der Waals surface area contributed by atoms with Crippen molar-refractivity contribution < 1.29 is 14.6 Å². The van der Waals surface area contributed by atoms with Crippen LogP contribution in [0.1, 0.15) is 21.1 Å². The molecule has 1 saturated heterocycles. The smallest absolute Gasteiger partial charge is 0.348 e. The Morgan fingerprint density at radius 1 is 1.25 bits per heavy atom. The van der Waals surface area contributed by atoms with Crippen LogP contribution in [0, 0.1) is 13.8 Å². The molecule has 8 heteroatoms. The molecule has 1 fully saturated rings. The second-order valence-electron chi connectivity index (χ2n) is 5.87. The van der Waals surface area contributed by atoms with Crippen LogP contribution >= 0.6 is 11.3 Å². The molecule has 0 aromatic carbocycles. The molecule has 2 aromatic rings. The summed E-state index contributed by atoms with van der Waals surface area (Å²) in [5, 5.41) is 10.0. The van der Waals surface area contributed by atoms with Crippen LogP contribution in [0.15, 0.2) is 0 Å². The number of aliphatic hydroxyl groups is 1. The number of carbonyl (C=O) groups excluding carboxylic acids is 1. The number of fused-ring (bicyclic) bond motifs is 1. The van der Waals surface area contributed by atoms with E-state index in [4.69, 9.17) is 9.84 Å². The number of hydrogen-bond acceptors (Lipinski definition) is 8. The number of aliphatic hydroxyl groups excluding tert-OH is 1. The number of rotatable bonds is 4. The summed E-state index contributed by atoms with van der Waals surface area (Å²) < 4.78 is 4.88. The van der Waals surface area contributed by atoms with Gasteiger partial charge in [0.05, 0.1) is 19.1 Å². The fourth-order valence-corrected chi connectivity index (χ4v) is 4.20. The Balaban J connectivity index is 1.99. The molecule has 3 heterocycles. The van der Waals surface area contributed by atoms with Crippen LogP contribution in [-0.4, -0.2) is 72.4 Å². The number of anilines is 1. The minimum atomic E-state index is -0.327. The second-order valence-corrected chi connectivity index (χ2v) is 6.87. The van der Waals surface area contributed by atoms with Gasteiger partial charge >= 0.3 is 5.97 Å². The maximum Gasteiger partial charge on any atom is 0.348 e. The van der Waals surface area contributed by atoms with E-state index in [1.807, 2.05) is 13.8 Å². The van der Waals surface area contributed by atoms with E-state index >= 15 is 0 Å². The lowest BCUT2D eigenvalue weighted by atomic mass is 10.2. The number of esters is 1. The molecule has 0 spiro atoms. The van der Waals surface area contributed by atoms with Gasteiger partial charge in [0, 0.05) is 32.7 Å². The monoisotopic (exact) mass is 350 g/mol.